The molecular formula is C22H23NO. The highest BCUT2D eigenvalue weighted by Gasteiger charge is 2.35. The number of fused-ring (bicyclic) bond motifs is 1. The predicted octanol–water partition coefficient (Wildman–Crippen LogP) is 5.15. The molecule has 0 unspecified atom stereocenters. The van der Waals surface area contributed by atoms with E-state index in [9.17, 15) is 5.11 Å². The first-order chi connectivity index (χ1) is 11.6. The standard InChI is InChI=1S/C22H23NO/c1-22(2)14-20-18(21(24)15-22)13-19(16-9-5-3-6-10-16)23(20)17-11-7-4-8-12-17/h3-13,21,24H,14-15H2,1-2H3/t21-/m0/s1. The van der Waals surface area contributed by atoms with Crippen molar-refractivity contribution in [2.24, 2.45) is 5.41 Å². The third kappa shape index (κ3) is 2.57. The summed E-state index contributed by atoms with van der Waals surface area (Å²) in [6, 6.07) is 23.1. The highest BCUT2D eigenvalue weighted by atomic mass is 16.3. The summed E-state index contributed by atoms with van der Waals surface area (Å²) >= 11 is 0. The summed E-state index contributed by atoms with van der Waals surface area (Å²) in [5.74, 6) is 0. The summed E-state index contributed by atoms with van der Waals surface area (Å²) in [7, 11) is 0. The van der Waals surface area contributed by atoms with Gasteiger partial charge < -0.3 is 9.67 Å². The van der Waals surface area contributed by atoms with E-state index >= 15 is 0 Å². The molecule has 2 heteroatoms. The number of aliphatic hydroxyl groups is 1. The molecule has 0 fully saturated rings. The Bertz CT molecular complexity index is 846. The van der Waals surface area contributed by atoms with Crippen LogP contribution in [0.5, 0.6) is 0 Å². The molecule has 1 aromatic heterocycles. The monoisotopic (exact) mass is 317 g/mol. The molecular weight excluding hydrogens is 294 g/mol. The number of hydrogen-bond acceptors (Lipinski definition) is 1. The van der Waals surface area contributed by atoms with Crippen molar-refractivity contribution in [1.82, 2.24) is 4.57 Å². The minimum atomic E-state index is -0.392. The van der Waals surface area contributed by atoms with Crippen LogP contribution in [-0.2, 0) is 6.42 Å². The fourth-order valence-corrected chi connectivity index (χ4v) is 3.89. The van der Waals surface area contributed by atoms with E-state index < -0.39 is 6.10 Å². The van der Waals surface area contributed by atoms with E-state index in [1.54, 1.807) is 0 Å². The van der Waals surface area contributed by atoms with Gasteiger partial charge in [-0.25, -0.2) is 0 Å². The molecule has 2 aromatic carbocycles. The van der Waals surface area contributed by atoms with Crippen LogP contribution in [0.1, 0.15) is 37.6 Å². The molecule has 1 aliphatic carbocycles. The van der Waals surface area contributed by atoms with Crippen molar-refractivity contribution in [3.8, 4) is 16.9 Å². The van der Waals surface area contributed by atoms with Gasteiger partial charge in [-0.2, -0.15) is 0 Å². The summed E-state index contributed by atoms with van der Waals surface area (Å²) in [6.45, 7) is 4.48. The maximum Gasteiger partial charge on any atom is 0.0813 e. The van der Waals surface area contributed by atoms with Crippen LogP contribution in [-0.4, -0.2) is 9.67 Å². The Balaban J connectivity index is 1.99. The maximum absolute atomic E-state index is 10.7. The average molecular weight is 317 g/mol. The fourth-order valence-electron chi connectivity index (χ4n) is 3.89. The molecule has 0 aliphatic heterocycles. The third-order valence-corrected chi connectivity index (χ3v) is 4.97. The number of nitrogens with zero attached hydrogens (tertiary/aromatic N) is 1. The van der Waals surface area contributed by atoms with Crippen molar-refractivity contribution in [3.05, 3.63) is 78.0 Å². The fraction of sp³-hybridized carbons (Fsp3) is 0.273. The molecule has 1 N–H and O–H groups in total. The van der Waals surface area contributed by atoms with Crippen molar-refractivity contribution in [3.63, 3.8) is 0 Å². The van der Waals surface area contributed by atoms with E-state index in [1.165, 1.54) is 11.3 Å². The number of para-hydroxylation sites is 1. The molecule has 122 valence electrons. The van der Waals surface area contributed by atoms with Crippen molar-refractivity contribution in [2.75, 3.05) is 0 Å². The lowest BCUT2D eigenvalue weighted by Crippen LogP contribution is -2.26. The molecule has 2 nitrogen and oxygen atoms in total. The van der Waals surface area contributed by atoms with Crippen LogP contribution in [0.3, 0.4) is 0 Å². The highest BCUT2D eigenvalue weighted by molar-refractivity contribution is 5.66. The lowest BCUT2D eigenvalue weighted by molar-refractivity contribution is 0.0987. The molecule has 0 spiro atoms. The van der Waals surface area contributed by atoms with Crippen molar-refractivity contribution in [1.29, 1.82) is 0 Å². The molecule has 24 heavy (non-hydrogen) atoms. The maximum atomic E-state index is 10.7. The largest absolute Gasteiger partial charge is 0.388 e. The molecule has 0 saturated heterocycles. The van der Waals surface area contributed by atoms with Gasteiger partial charge in [0.05, 0.1) is 11.8 Å². The Morgan fingerprint density at radius 3 is 2.25 bits per heavy atom. The van der Waals surface area contributed by atoms with Crippen LogP contribution in [0.15, 0.2) is 66.7 Å². The SMILES string of the molecule is CC1(C)Cc2c(cc(-c3ccccc3)n2-c2ccccc2)[C@@H](O)C1. The van der Waals surface area contributed by atoms with Gasteiger partial charge in [-0.15, -0.1) is 0 Å². The second-order valence-corrected chi connectivity index (χ2v) is 7.53. The zero-order valence-corrected chi connectivity index (χ0v) is 14.2. The molecule has 0 saturated carbocycles. The van der Waals surface area contributed by atoms with E-state index in [4.69, 9.17) is 0 Å². The third-order valence-electron chi connectivity index (χ3n) is 4.97. The van der Waals surface area contributed by atoms with Crippen molar-refractivity contribution in [2.45, 2.75) is 32.8 Å². The number of benzene rings is 2. The smallest absolute Gasteiger partial charge is 0.0813 e. The first-order valence-electron chi connectivity index (χ1n) is 8.59. The summed E-state index contributed by atoms with van der Waals surface area (Å²) in [5, 5.41) is 10.7. The van der Waals surface area contributed by atoms with Crippen LogP contribution >= 0.6 is 0 Å². The van der Waals surface area contributed by atoms with Gasteiger partial charge in [-0.05, 0) is 42.0 Å². The lowest BCUT2D eigenvalue weighted by atomic mass is 9.75. The Hall–Kier alpha value is -2.32. The lowest BCUT2D eigenvalue weighted by Gasteiger charge is -2.34. The Labute approximate surface area is 143 Å². The number of hydrogen-bond donors (Lipinski definition) is 1. The van der Waals surface area contributed by atoms with Gasteiger partial charge in [0, 0.05) is 16.9 Å². The Morgan fingerprint density at radius 2 is 1.58 bits per heavy atom. The molecule has 1 atom stereocenters. The van der Waals surface area contributed by atoms with Gasteiger partial charge in [0.15, 0.2) is 0 Å². The van der Waals surface area contributed by atoms with Crippen LogP contribution in [0.2, 0.25) is 0 Å². The first-order valence-corrected chi connectivity index (χ1v) is 8.59. The minimum Gasteiger partial charge on any atom is -0.388 e. The van der Waals surface area contributed by atoms with E-state index in [-0.39, 0.29) is 5.41 Å². The normalized spacial score (nSPS) is 19.0. The van der Waals surface area contributed by atoms with Gasteiger partial charge in [-0.1, -0.05) is 62.4 Å². The Kier molecular flexibility index (Phi) is 3.58. The van der Waals surface area contributed by atoms with Crippen LogP contribution in [0.25, 0.3) is 16.9 Å². The topological polar surface area (TPSA) is 25.2 Å². The second-order valence-electron chi connectivity index (χ2n) is 7.53. The van der Waals surface area contributed by atoms with Gasteiger partial charge in [0.2, 0.25) is 0 Å². The molecule has 0 amide bonds. The van der Waals surface area contributed by atoms with Gasteiger partial charge >= 0.3 is 0 Å². The second kappa shape index (κ2) is 5.64. The molecule has 0 radical (unpaired) electrons. The number of aromatic nitrogens is 1. The average Bonchev–Trinajstić information content (AvgIpc) is 2.95. The Morgan fingerprint density at radius 1 is 0.958 bits per heavy atom. The van der Waals surface area contributed by atoms with E-state index in [0.29, 0.717) is 0 Å². The summed E-state index contributed by atoms with van der Waals surface area (Å²) < 4.78 is 2.33. The van der Waals surface area contributed by atoms with Gasteiger partial charge in [0.25, 0.3) is 0 Å². The predicted molar refractivity (Wildman–Crippen MR) is 98.3 cm³/mol. The quantitative estimate of drug-likeness (QED) is 0.694. The van der Waals surface area contributed by atoms with Gasteiger partial charge in [-0.3, -0.25) is 0 Å². The first kappa shape index (κ1) is 15.2. The van der Waals surface area contributed by atoms with Crippen LogP contribution in [0, 0.1) is 5.41 Å². The molecule has 4 rings (SSSR count). The molecule has 3 aromatic rings. The van der Waals surface area contributed by atoms with E-state index in [2.05, 4.69) is 73.0 Å². The molecule has 1 aliphatic rings. The van der Waals surface area contributed by atoms with E-state index in [1.807, 2.05) is 12.1 Å². The van der Waals surface area contributed by atoms with Crippen molar-refractivity contribution < 1.29 is 5.11 Å². The van der Waals surface area contributed by atoms with Crippen LogP contribution < -0.4 is 0 Å². The number of aliphatic hydroxyl groups excluding tert-OH is 1. The highest BCUT2D eigenvalue weighted by Crippen LogP contribution is 2.44. The summed E-state index contributed by atoms with van der Waals surface area (Å²) in [5.41, 5.74) is 5.92. The van der Waals surface area contributed by atoms with Crippen molar-refractivity contribution >= 4 is 0 Å². The van der Waals surface area contributed by atoms with Crippen LogP contribution in [0.4, 0.5) is 0 Å². The summed E-state index contributed by atoms with van der Waals surface area (Å²) in [6.07, 6.45) is 1.39. The van der Waals surface area contributed by atoms with Gasteiger partial charge in [0.1, 0.15) is 0 Å². The van der Waals surface area contributed by atoms with E-state index in [0.717, 1.165) is 29.8 Å². The zero-order valence-electron chi connectivity index (χ0n) is 14.2. The zero-order chi connectivity index (χ0) is 16.7. The molecule has 1 heterocycles. The number of rotatable bonds is 2. The summed E-state index contributed by atoms with van der Waals surface area (Å²) in [4.78, 5) is 0. The molecule has 0 bridgehead atoms. The minimum absolute atomic E-state index is 0.102.